The first-order valence-corrected chi connectivity index (χ1v) is 29.3. The van der Waals surface area contributed by atoms with Gasteiger partial charge in [0.15, 0.2) is 0 Å². The number of rotatable bonds is 19. The summed E-state index contributed by atoms with van der Waals surface area (Å²) in [4.78, 5) is 93.5. The first-order valence-electron chi connectivity index (χ1n) is 26.4. The van der Waals surface area contributed by atoms with E-state index in [1.807, 2.05) is 20.8 Å². The normalized spacial score (nSPS) is 18.9. The Labute approximate surface area is 456 Å². The van der Waals surface area contributed by atoms with E-state index in [-0.39, 0.29) is 86.3 Å². The van der Waals surface area contributed by atoms with Gasteiger partial charge in [-0.25, -0.2) is 0 Å². The molecule has 0 aromatic rings. The fraction of sp³-hybridized carbons (Fsp3) is 0.852. The van der Waals surface area contributed by atoms with Crippen molar-refractivity contribution in [3.8, 4) is 0 Å². The zero-order chi connectivity index (χ0) is 51.7. The van der Waals surface area contributed by atoms with Crippen LogP contribution in [0, 0.1) is 11.8 Å². The molecule has 424 valence electrons. The number of primary amides is 2. The van der Waals surface area contributed by atoms with E-state index in [1.165, 1.54) is 140 Å². The van der Waals surface area contributed by atoms with Gasteiger partial charge in [-0.3, -0.25) is 38.4 Å². The number of thiol groups is 1. The van der Waals surface area contributed by atoms with Gasteiger partial charge in [0, 0.05) is 58.2 Å². The molecule has 2 aliphatic carbocycles. The summed E-state index contributed by atoms with van der Waals surface area (Å²) in [6.07, 6.45) is 33.9. The number of likely N-dealkylation sites (tertiary alicyclic amines) is 2. The van der Waals surface area contributed by atoms with Gasteiger partial charge in [0.1, 0.15) is 17.9 Å². The van der Waals surface area contributed by atoms with E-state index in [4.69, 9.17) is 11.5 Å². The highest BCUT2D eigenvalue weighted by Gasteiger charge is 2.36. The first-order chi connectivity index (χ1) is 33.2. The molecule has 2 saturated carbocycles. The molecule has 4 aliphatic rings. The molecule has 72 heavy (non-hydrogen) atoms. The van der Waals surface area contributed by atoms with Gasteiger partial charge in [0.2, 0.25) is 41.4 Å². The molecule has 4 atom stereocenters. The molecule has 7 amide bonds. The third-order valence-electron chi connectivity index (χ3n) is 12.8. The lowest BCUT2D eigenvalue weighted by atomic mass is 10.0. The maximum absolute atomic E-state index is 12.0. The minimum Gasteiger partial charge on any atom is -0.368 e. The fourth-order valence-electron chi connectivity index (χ4n) is 8.64. The smallest absolute Gasteiger partial charge is 0.240 e. The SMILES string of the molecule is C.C.C.C1CCCCCCCCC1.C1CCCCCCCCC1.CCC(=O)CS.CC[C@H](C(N)=O)N1CC(CCNC(=O)CBr)CC1=O.CC[C@H](C(N)=O)N1CC(CCNC(=O)CSCC(=O)NC)CC1=O. The largest absolute Gasteiger partial charge is 0.368 e. The third-order valence-corrected chi connectivity index (χ3v) is 14.6. The summed E-state index contributed by atoms with van der Waals surface area (Å²) in [7, 11) is 1.55. The van der Waals surface area contributed by atoms with Crippen LogP contribution in [0.4, 0.5) is 0 Å². The van der Waals surface area contributed by atoms with Crippen molar-refractivity contribution in [2.24, 2.45) is 23.3 Å². The molecule has 4 fully saturated rings. The van der Waals surface area contributed by atoms with Gasteiger partial charge >= 0.3 is 0 Å². The van der Waals surface area contributed by atoms with Gasteiger partial charge in [-0.15, -0.1) is 11.8 Å². The molecule has 2 heterocycles. The van der Waals surface area contributed by atoms with Crippen LogP contribution in [0.3, 0.4) is 0 Å². The molecular weight excluding hydrogens is 1020 g/mol. The second-order valence-electron chi connectivity index (χ2n) is 18.6. The zero-order valence-corrected chi connectivity index (χ0v) is 46.4. The summed E-state index contributed by atoms with van der Waals surface area (Å²) in [5.74, 6) is 0.0358. The predicted octanol–water partition coefficient (Wildman–Crippen LogP) is 9.69. The van der Waals surface area contributed by atoms with Crippen molar-refractivity contribution in [1.29, 1.82) is 0 Å². The highest BCUT2D eigenvalue weighted by Crippen LogP contribution is 2.25. The van der Waals surface area contributed by atoms with E-state index in [2.05, 4.69) is 44.5 Å². The van der Waals surface area contributed by atoms with Gasteiger partial charge in [0.05, 0.1) is 16.8 Å². The Balaban J connectivity index is -0.000000427. The molecule has 15 nitrogen and oxygen atoms in total. The zero-order valence-electron chi connectivity index (χ0n) is 43.1. The number of amides is 7. The Hall–Kier alpha value is -2.86. The van der Waals surface area contributed by atoms with E-state index < -0.39 is 23.9 Å². The van der Waals surface area contributed by atoms with Crippen LogP contribution in [-0.2, 0) is 38.4 Å². The number of carbonyl (C=O) groups is 8. The second-order valence-corrected chi connectivity index (χ2v) is 20.4. The van der Waals surface area contributed by atoms with E-state index >= 15 is 0 Å². The van der Waals surface area contributed by atoms with Crippen molar-refractivity contribution in [3.05, 3.63) is 0 Å². The minimum absolute atomic E-state index is 0. The summed E-state index contributed by atoms with van der Waals surface area (Å²) < 4.78 is 0. The van der Waals surface area contributed by atoms with Crippen LogP contribution >= 0.6 is 40.3 Å². The summed E-state index contributed by atoms with van der Waals surface area (Å²) in [5.41, 5.74) is 10.6. The lowest BCUT2D eigenvalue weighted by Gasteiger charge is -2.24. The maximum atomic E-state index is 12.0. The monoisotopic (exact) mass is 1120 g/mol. The number of ketones is 1. The van der Waals surface area contributed by atoms with Crippen molar-refractivity contribution in [1.82, 2.24) is 25.8 Å². The van der Waals surface area contributed by atoms with Gasteiger partial charge in [-0.2, -0.15) is 12.6 Å². The van der Waals surface area contributed by atoms with Gasteiger partial charge in [-0.05, 0) is 37.5 Å². The first kappa shape index (κ1) is 75.7. The number of nitrogens with zero attached hydrogens (tertiary/aromatic N) is 2. The topological polar surface area (TPSA) is 231 Å². The average Bonchev–Trinajstić information content (AvgIpc) is 3.90. The molecule has 7 N–H and O–H groups in total. The molecule has 2 unspecified atom stereocenters. The summed E-state index contributed by atoms with van der Waals surface area (Å²) in [6, 6.07) is -1.05. The Morgan fingerprint density at radius 1 is 0.583 bits per heavy atom. The van der Waals surface area contributed by atoms with Gasteiger partial charge in [0.25, 0.3) is 0 Å². The average molecular weight is 1130 g/mol. The van der Waals surface area contributed by atoms with Gasteiger partial charge < -0.3 is 37.2 Å². The van der Waals surface area contributed by atoms with E-state index in [1.54, 1.807) is 16.8 Å². The standard InChI is InChI=1S/C15H26N4O4S.C12H20BrN3O3.2C10H20.C4H8OS.3CH4/c1-3-11(15(16)23)19-7-10(6-14(19)22)4-5-18-13(21)9-24-8-12(20)17-2;1-2-9(12(14)19)16-7-8(5-11(16)18)3-4-15-10(17)6-13;2*1-2-4-6-8-10-9-7-5-3-1;1-2-4(5)3-6;;;/h10-11H,3-9H2,1-2H3,(H2,16,23)(H,17,20)(H,18,21);8-9H,2-7H2,1H3,(H2,14,19)(H,15,17);2*1-10H2;6H,2-3H2,1H3;3*1H4/t10?,11-;8?,9-;;;;;;/m11....../s1. The van der Waals surface area contributed by atoms with Crippen LogP contribution in [0.15, 0.2) is 0 Å². The number of nitrogens with one attached hydrogen (secondary N) is 3. The lowest BCUT2D eigenvalue weighted by Crippen LogP contribution is -2.45. The summed E-state index contributed by atoms with van der Waals surface area (Å²) in [5, 5.41) is 8.30. The molecule has 0 aromatic carbocycles. The number of halogens is 1. The maximum Gasteiger partial charge on any atom is 0.240 e. The molecule has 2 aliphatic heterocycles. The number of thioether (sulfide) groups is 1. The van der Waals surface area contributed by atoms with Crippen LogP contribution in [0.1, 0.15) is 216 Å². The van der Waals surface area contributed by atoms with Crippen LogP contribution in [-0.4, -0.2) is 125 Å². The number of alkyl halides is 1. The summed E-state index contributed by atoms with van der Waals surface area (Å²) in [6.45, 7) is 7.56. The van der Waals surface area contributed by atoms with Crippen molar-refractivity contribution in [2.45, 2.75) is 228 Å². The quantitative estimate of drug-likeness (QED) is 0.0533. The van der Waals surface area contributed by atoms with Crippen LogP contribution in [0.25, 0.3) is 0 Å². The van der Waals surface area contributed by atoms with E-state index in [9.17, 15) is 38.4 Å². The Morgan fingerprint density at radius 2 is 0.889 bits per heavy atom. The number of carbonyl (C=O) groups excluding carboxylic acids is 8. The van der Waals surface area contributed by atoms with Crippen molar-refractivity contribution < 1.29 is 38.4 Å². The van der Waals surface area contributed by atoms with Crippen molar-refractivity contribution in [3.63, 3.8) is 0 Å². The molecule has 18 heteroatoms. The highest BCUT2D eigenvalue weighted by atomic mass is 79.9. The number of hydrogen-bond donors (Lipinski definition) is 6. The van der Waals surface area contributed by atoms with Crippen LogP contribution in [0.5, 0.6) is 0 Å². The Kier molecular flexibility index (Phi) is 52.9. The molecule has 0 aromatic heterocycles. The Bertz CT molecular complexity index is 1370. The molecule has 0 radical (unpaired) electrons. The fourth-order valence-corrected chi connectivity index (χ4v) is 9.78. The molecule has 2 saturated heterocycles. The number of hydrogen-bond acceptors (Lipinski definition) is 10. The van der Waals surface area contributed by atoms with Crippen molar-refractivity contribution in [2.75, 3.05) is 55.8 Å². The molecule has 4 rings (SSSR count). The third kappa shape index (κ3) is 38.7. The second kappa shape index (κ2) is 50.3. The minimum atomic E-state index is -0.543. The number of Topliss-reactive ketones (excluding diaryl/α,β-unsaturated/α-hetero) is 1. The highest BCUT2D eigenvalue weighted by molar-refractivity contribution is 9.09. The summed E-state index contributed by atoms with van der Waals surface area (Å²) >= 11 is 8.06. The Morgan fingerprint density at radius 3 is 1.12 bits per heavy atom. The molecular formula is C54H106BrN7O8S2. The molecule has 0 bridgehead atoms. The van der Waals surface area contributed by atoms with E-state index in [0.717, 1.165) is 6.42 Å². The van der Waals surface area contributed by atoms with E-state index in [0.29, 0.717) is 70.5 Å². The van der Waals surface area contributed by atoms with Crippen LogP contribution < -0.4 is 27.4 Å². The lowest BCUT2D eigenvalue weighted by molar-refractivity contribution is -0.136. The van der Waals surface area contributed by atoms with Gasteiger partial charge in [-0.1, -0.05) is 187 Å². The molecule has 0 spiro atoms. The number of nitrogens with two attached hydrogens (primary N) is 2. The predicted molar refractivity (Wildman–Crippen MR) is 308 cm³/mol. The van der Waals surface area contributed by atoms with Crippen molar-refractivity contribution >= 4 is 87.5 Å². The van der Waals surface area contributed by atoms with Crippen LogP contribution in [0.2, 0.25) is 0 Å².